The van der Waals surface area contributed by atoms with E-state index in [1.54, 1.807) is 0 Å². The largest absolute Gasteiger partial charge is 0.461 e. The maximum absolute atomic E-state index is 6.27. The van der Waals surface area contributed by atoms with Gasteiger partial charge >= 0.3 is 0 Å². The van der Waals surface area contributed by atoms with Crippen LogP contribution in [0.1, 0.15) is 70.8 Å². The van der Waals surface area contributed by atoms with E-state index >= 15 is 0 Å². The molecule has 0 N–H and O–H groups in total. The Kier molecular flexibility index (Phi) is 7.93. The van der Waals surface area contributed by atoms with Crippen LogP contribution in [0.2, 0.25) is 0 Å². The second-order valence-electron chi connectivity index (χ2n) is 7.88. The van der Waals surface area contributed by atoms with E-state index in [4.69, 9.17) is 4.42 Å². The lowest BCUT2D eigenvalue weighted by atomic mass is 9.84. The zero-order chi connectivity index (χ0) is 20.1. The number of hydrogen-bond donors (Lipinski definition) is 0. The van der Waals surface area contributed by atoms with Gasteiger partial charge in [0.1, 0.15) is 11.3 Å². The number of hydrogen-bond acceptors (Lipinski definition) is 3. The molecule has 152 valence electrons. The van der Waals surface area contributed by atoms with Gasteiger partial charge < -0.3 is 14.2 Å². The molecule has 3 atom stereocenters. The highest BCUT2D eigenvalue weighted by Gasteiger charge is 2.29. The predicted molar refractivity (Wildman–Crippen MR) is 118 cm³/mol. The van der Waals surface area contributed by atoms with Crippen LogP contribution in [0, 0.1) is 13.8 Å². The van der Waals surface area contributed by atoms with Crippen LogP contribution in [-0.4, -0.2) is 48.1 Å². The van der Waals surface area contributed by atoms with Crippen molar-refractivity contribution in [3.8, 4) is 0 Å². The highest BCUT2D eigenvalue weighted by Crippen LogP contribution is 2.37. The van der Waals surface area contributed by atoms with Gasteiger partial charge in [-0.05, 0) is 65.9 Å². The van der Waals surface area contributed by atoms with Crippen molar-refractivity contribution in [1.82, 2.24) is 9.80 Å². The number of likely N-dealkylation sites (N-methyl/N-ethyl adjacent to an activating group) is 1. The lowest BCUT2D eigenvalue weighted by molar-refractivity contribution is 0.159. The average Bonchev–Trinajstić information content (AvgIpc) is 2.96. The van der Waals surface area contributed by atoms with Gasteiger partial charge in [-0.2, -0.15) is 0 Å². The minimum Gasteiger partial charge on any atom is -0.461 e. The van der Waals surface area contributed by atoms with Gasteiger partial charge in [-0.15, -0.1) is 0 Å². The molecular weight excluding hydrogens is 332 g/mol. The lowest BCUT2D eigenvalue weighted by Gasteiger charge is -2.37. The summed E-state index contributed by atoms with van der Waals surface area (Å²) >= 11 is 0. The minimum atomic E-state index is 0.453. The predicted octanol–water partition coefficient (Wildman–Crippen LogP) is 5.98. The third-order valence-electron chi connectivity index (χ3n) is 6.63. The van der Waals surface area contributed by atoms with Crippen LogP contribution in [0.25, 0.3) is 11.0 Å². The fourth-order valence-corrected chi connectivity index (χ4v) is 4.68. The number of rotatable bonds is 10. The molecule has 0 fully saturated rings. The summed E-state index contributed by atoms with van der Waals surface area (Å²) in [5, 5.41) is 1.28. The zero-order valence-electron chi connectivity index (χ0n) is 18.8. The maximum Gasteiger partial charge on any atom is 0.138 e. The summed E-state index contributed by atoms with van der Waals surface area (Å²) in [7, 11) is 0. The quantitative estimate of drug-likeness (QED) is 0.511. The highest BCUT2D eigenvalue weighted by molar-refractivity contribution is 5.85. The standard InChI is InChI=1S/C24H40N2O/c1-9-25(10-2)17(5)16-23(19(7)26(11-3)12-4)22-15-13-14-21-18(6)20(8)27-24(21)22/h13-15,17,19,23H,9-12,16H2,1-8H3. The molecule has 0 bridgehead atoms. The molecule has 0 saturated heterocycles. The van der Waals surface area contributed by atoms with Crippen LogP contribution in [-0.2, 0) is 0 Å². The third-order valence-corrected chi connectivity index (χ3v) is 6.63. The van der Waals surface area contributed by atoms with Crippen molar-refractivity contribution in [3.63, 3.8) is 0 Å². The van der Waals surface area contributed by atoms with Gasteiger partial charge in [0.15, 0.2) is 0 Å². The fraction of sp³-hybridized carbons (Fsp3) is 0.667. The van der Waals surface area contributed by atoms with Crippen molar-refractivity contribution in [1.29, 1.82) is 0 Å². The maximum atomic E-state index is 6.27. The van der Waals surface area contributed by atoms with Gasteiger partial charge in [-0.25, -0.2) is 0 Å². The molecule has 2 rings (SSSR count). The van der Waals surface area contributed by atoms with E-state index in [9.17, 15) is 0 Å². The smallest absolute Gasteiger partial charge is 0.138 e. The van der Waals surface area contributed by atoms with Gasteiger partial charge in [0.05, 0.1) is 0 Å². The second-order valence-corrected chi connectivity index (χ2v) is 7.88. The van der Waals surface area contributed by atoms with Crippen LogP contribution < -0.4 is 0 Å². The van der Waals surface area contributed by atoms with Crippen molar-refractivity contribution in [2.24, 2.45) is 0 Å². The number of para-hydroxylation sites is 1. The van der Waals surface area contributed by atoms with E-state index < -0.39 is 0 Å². The first kappa shape index (κ1) is 22.0. The second kappa shape index (κ2) is 9.75. The molecule has 3 nitrogen and oxygen atoms in total. The molecule has 3 heteroatoms. The van der Waals surface area contributed by atoms with Crippen LogP contribution >= 0.6 is 0 Å². The summed E-state index contributed by atoms with van der Waals surface area (Å²) in [5.41, 5.74) is 3.75. The summed E-state index contributed by atoms with van der Waals surface area (Å²) in [6, 6.07) is 7.75. The number of furan rings is 1. The summed E-state index contributed by atoms with van der Waals surface area (Å²) in [6.45, 7) is 22.5. The Morgan fingerprint density at radius 3 is 2.04 bits per heavy atom. The number of fused-ring (bicyclic) bond motifs is 1. The van der Waals surface area contributed by atoms with Gasteiger partial charge in [0.25, 0.3) is 0 Å². The number of aryl methyl sites for hydroxylation is 2. The molecule has 0 radical (unpaired) electrons. The van der Waals surface area contributed by atoms with E-state index in [-0.39, 0.29) is 0 Å². The Morgan fingerprint density at radius 2 is 1.48 bits per heavy atom. The van der Waals surface area contributed by atoms with E-state index in [2.05, 4.69) is 83.4 Å². The Morgan fingerprint density at radius 1 is 0.889 bits per heavy atom. The van der Waals surface area contributed by atoms with E-state index in [0.717, 1.165) is 43.9 Å². The molecule has 0 aliphatic heterocycles. The summed E-state index contributed by atoms with van der Waals surface area (Å²) in [5.74, 6) is 1.50. The van der Waals surface area contributed by atoms with Crippen LogP contribution in [0.5, 0.6) is 0 Å². The topological polar surface area (TPSA) is 19.6 Å². The van der Waals surface area contributed by atoms with Crippen molar-refractivity contribution in [2.45, 2.75) is 79.8 Å². The van der Waals surface area contributed by atoms with E-state index in [0.29, 0.717) is 18.0 Å². The molecule has 1 aromatic heterocycles. The first-order chi connectivity index (χ1) is 12.9. The summed E-state index contributed by atoms with van der Waals surface area (Å²) < 4.78 is 6.27. The third kappa shape index (κ3) is 4.57. The first-order valence-corrected chi connectivity index (χ1v) is 10.9. The lowest BCUT2D eigenvalue weighted by Crippen LogP contribution is -2.41. The monoisotopic (exact) mass is 372 g/mol. The Hall–Kier alpha value is -1.32. The van der Waals surface area contributed by atoms with Crippen molar-refractivity contribution < 1.29 is 4.42 Å². The van der Waals surface area contributed by atoms with Crippen molar-refractivity contribution in [3.05, 3.63) is 35.1 Å². The van der Waals surface area contributed by atoms with Gasteiger partial charge in [0.2, 0.25) is 0 Å². The molecule has 2 aromatic rings. The van der Waals surface area contributed by atoms with Crippen LogP contribution in [0.4, 0.5) is 0 Å². The summed E-state index contributed by atoms with van der Waals surface area (Å²) in [4.78, 5) is 5.15. The number of benzene rings is 1. The SMILES string of the molecule is CCN(CC)C(C)CC(c1cccc2c(C)c(C)oc12)C(C)N(CC)CC. The molecular formula is C24H40N2O. The van der Waals surface area contributed by atoms with Gasteiger partial charge in [-0.3, -0.25) is 0 Å². The Balaban J connectivity index is 2.50. The highest BCUT2D eigenvalue weighted by atomic mass is 16.3. The van der Waals surface area contributed by atoms with Crippen molar-refractivity contribution >= 4 is 11.0 Å². The molecule has 0 amide bonds. The van der Waals surface area contributed by atoms with Gasteiger partial charge in [-0.1, -0.05) is 45.9 Å². The van der Waals surface area contributed by atoms with E-state index in [1.807, 2.05) is 0 Å². The first-order valence-electron chi connectivity index (χ1n) is 10.9. The van der Waals surface area contributed by atoms with Crippen LogP contribution in [0.3, 0.4) is 0 Å². The van der Waals surface area contributed by atoms with Gasteiger partial charge in [0, 0.05) is 29.0 Å². The van der Waals surface area contributed by atoms with Crippen LogP contribution in [0.15, 0.2) is 22.6 Å². The normalized spacial score (nSPS) is 15.6. The minimum absolute atomic E-state index is 0.453. The summed E-state index contributed by atoms with van der Waals surface area (Å²) in [6.07, 6.45) is 1.15. The average molecular weight is 373 g/mol. The molecule has 27 heavy (non-hydrogen) atoms. The Bertz CT molecular complexity index is 712. The Labute approximate surface area is 166 Å². The number of nitrogens with zero attached hydrogens (tertiary/aromatic N) is 2. The molecule has 0 aliphatic carbocycles. The molecule has 0 aliphatic rings. The fourth-order valence-electron chi connectivity index (χ4n) is 4.68. The van der Waals surface area contributed by atoms with Crippen molar-refractivity contribution in [2.75, 3.05) is 26.2 Å². The van der Waals surface area contributed by atoms with E-state index in [1.165, 1.54) is 16.5 Å². The molecule has 0 spiro atoms. The zero-order valence-corrected chi connectivity index (χ0v) is 18.8. The molecule has 3 unspecified atom stereocenters. The molecule has 0 saturated carbocycles. The molecule has 1 aromatic carbocycles. The molecule has 1 heterocycles.